The number of amides is 1. The average Bonchev–Trinajstić information content (AvgIpc) is 2.92. The predicted molar refractivity (Wildman–Crippen MR) is 79.9 cm³/mol. The molecule has 0 radical (unpaired) electrons. The van der Waals surface area contributed by atoms with E-state index in [1.165, 1.54) is 0 Å². The van der Waals surface area contributed by atoms with Gasteiger partial charge in [0.25, 0.3) is 5.91 Å². The van der Waals surface area contributed by atoms with Crippen LogP contribution in [0.4, 0.5) is 0 Å². The first-order chi connectivity index (χ1) is 9.74. The van der Waals surface area contributed by atoms with E-state index in [4.69, 9.17) is 10.5 Å². The van der Waals surface area contributed by atoms with Gasteiger partial charge in [0.15, 0.2) is 0 Å². The Morgan fingerprint density at radius 1 is 1.45 bits per heavy atom. The van der Waals surface area contributed by atoms with Crippen LogP contribution in [0.5, 0.6) is 5.75 Å². The van der Waals surface area contributed by atoms with Crippen LogP contribution in [-0.4, -0.2) is 25.1 Å². The minimum atomic E-state index is -0.0303. The number of hydrogen-bond acceptors (Lipinski definition) is 3. The van der Waals surface area contributed by atoms with Gasteiger partial charge in [-0.25, -0.2) is 0 Å². The SMILES string of the molecule is CCCOc1cccc(C(=O)NC2CCCC2CN)c1. The summed E-state index contributed by atoms with van der Waals surface area (Å²) in [4.78, 5) is 12.3. The van der Waals surface area contributed by atoms with E-state index in [1.807, 2.05) is 18.2 Å². The highest BCUT2D eigenvalue weighted by atomic mass is 16.5. The quantitative estimate of drug-likeness (QED) is 0.838. The highest BCUT2D eigenvalue weighted by Gasteiger charge is 2.27. The summed E-state index contributed by atoms with van der Waals surface area (Å²) in [6.07, 6.45) is 4.24. The van der Waals surface area contributed by atoms with E-state index >= 15 is 0 Å². The topological polar surface area (TPSA) is 64.3 Å². The molecule has 0 aromatic heterocycles. The van der Waals surface area contributed by atoms with Crippen molar-refractivity contribution in [2.75, 3.05) is 13.2 Å². The Kier molecular flexibility index (Phi) is 5.41. The van der Waals surface area contributed by atoms with Crippen LogP contribution in [-0.2, 0) is 0 Å². The molecule has 1 fully saturated rings. The number of nitrogens with two attached hydrogens (primary N) is 1. The number of carbonyl (C=O) groups excluding carboxylic acids is 1. The molecule has 0 saturated heterocycles. The first-order valence-corrected chi connectivity index (χ1v) is 7.48. The summed E-state index contributed by atoms with van der Waals surface area (Å²) in [5.74, 6) is 1.14. The summed E-state index contributed by atoms with van der Waals surface area (Å²) >= 11 is 0. The molecule has 2 atom stereocenters. The monoisotopic (exact) mass is 276 g/mol. The second-order valence-electron chi connectivity index (χ2n) is 5.38. The molecule has 3 N–H and O–H groups in total. The van der Waals surface area contributed by atoms with Gasteiger partial charge in [-0.15, -0.1) is 0 Å². The molecule has 1 aromatic rings. The molecule has 1 aliphatic rings. The van der Waals surface area contributed by atoms with Crippen LogP contribution >= 0.6 is 0 Å². The lowest BCUT2D eigenvalue weighted by Crippen LogP contribution is -2.39. The fourth-order valence-corrected chi connectivity index (χ4v) is 2.71. The maximum atomic E-state index is 12.3. The average molecular weight is 276 g/mol. The molecule has 0 bridgehead atoms. The minimum Gasteiger partial charge on any atom is -0.494 e. The Bertz CT molecular complexity index is 448. The Hall–Kier alpha value is -1.55. The lowest BCUT2D eigenvalue weighted by molar-refractivity contribution is 0.0928. The molecule has 1 aliphatic carbocycles. The molecule has 1 saturated carbocycles. The van der Waals surface area contributed by atoms with Gasteiger partial charge in [-0.3, -0.25) is 4.79 Å². The number of benzene rings is 1. The van der Waals surface area contributed by atoms with E-state index in [1.54, 1.807) is 6.07 Å². The number of ether oxygens (including phenoxy) is 1. The maximum Gasteiger partial charge on any atom is 0.251 e. The van der Waals surface area contributed by atoms with E-state index < -0.39 is 0 Å². The third-order valence-electron chi connectivity index (χ3n) is 3.85. The van der Waals surface area contributed by atoms with Crippen LogP contribution < -0.4 is 15.8 Å². The summed E-state index contributed by atoms with van der Waals surface area (Å²) in [6, 6.07) is 7.57. The van der Waals surface area contributed by atoms with E-state index in [2.05, 4.69) is 12.2 Å². The summed E-state index contributed by atoms with van der Waals surface area (Å²) in [6.45, 7) is 3.37. The van der Waals surface area contributed by atoms with Crippen molar-refractivity contribution in [1.29, 1.82) is 0 Å². The van der Waals surface area contributed by atoms with Crippen LogP contribution in [0.1, 0.15) is 43.0 Å². The molecule has 0 heterocycles. The molecule has 1 amide bonds. The second kappa shape index (κ2) is 7.29. The zero-order valence-electron chi connectivity index (χ0n) is 12.1. The molecule has 110 valence electrons. The van der Waals surface area contributed by atoms with Crippen molar-refractivity contribution in [1.82, 2.24) is 5.32 Å². The summed E-state index contributed by atoms with van der Waals surface area (Å²) < 4.78 is 5.56. The van der Waals surface area contributed by atoms with Crippen molar-refractivity contribution in [3.63, 3.8) is 0 Å². The lowest BCUT2D eigenvalue weighted by Gasteiger charge is -2.19. The Labute approximate surface area is 120 Å². The zero-order valence-corrected chi connectivity index (χ0v) is 12.1. The molecule has 2 unspecified atom stereocenters. The number of rotatable bonds is 6. The predicted octanol–water partition coefficient (Wildman–Crippen LogP) is 2.33. The Balaban J connectivity index is 1.98. The maximum absolute atomic E-state index is 12.3. The van der Waals surface area contributed by atoms with Crippen LogP contribution in [0.3, 0.4) is 0 Å². The van der Waals surface area contributed by atoms with Crippen molar-refractivity contribution in [3.8, 4) is 5.75 Å². The molecular weight excluding hydrogens is 252 g/mol. The fraction of sp³-hybridized carbons (Fsp3) is 0.562. The molecule has 0 spiro atoms. The van der Waals surface area contributed by atoms with Crippen LogP contribution in [0.2, 0.25) is 0 Å². The van der Waals surface area contributed by atoms with E-state index in [0.717, 1.165) is 31.4 Å². The van der Waals surface area contributed by atoms with Gasteiger partial charge in [0, 0.05) is 11.6 Å². The Morgan fingerprint density at radius 2 is 2.30 bits per heavy atom. The molecule has 0 aliphatic heterocycles. The first-order valence-electron chi connectivity index (χ1n) is 7.48. The number of nitrogens with one attached hydrogen (secondary N) is 1. The zero-order chi connectivity index (χ0) is 14.4. The van der Waals surface area contributed by atoms with Crippen LogP contribution in [0.15, 0.2) is 24.3 Å². The molecule has 4 heteroatoms. The normalized spacial score (nSPS) is 21.7. The molecule has 20 heavy (non-hydrogen) atoms. The van der Waals surface area contributed by atoms with E-state index in [-0.39, 0.29) is 11.9 Å². The fourth-order valence-electron chi connectivity index (χ4n) is 2.71. The minimum absolute atomic E-state index is 0.0303. The third-order valence-corrected chi connectivity index (χ3v) is 3.85. The van der Waals surface area contributed by atoms with Gasteiger partial charge >= 0.3 is 0 Å². The first kappa shape index (κ1) is 14.9. The van der Waals surface area contributed by atoms with Gasteiger partial charge in [0.1, 0.15) is 5.75 Å². The molecule has 4 nitrogen and oxygen atoms in total. The number of hydrogen-bond donors (Lipinski definition) is 2. The summed E-state index contributed by atoms with van der Waals surface area (Å²) in [5, 5.41) is 3.10. The molecule has 2 rings (SSSR count). The third kappa shape index (κ3) is 3.73. The van der Waals surface area contributed by atoms with E-state index in [9.17, 15) is 4.79 Å². The second-order valence-corrected chi connectivity index (χ2v) is 5.38. The summed E-state index contributed by atoms with van der Waals surface area (Å²) in [5.41, 5.74) is 6.40. The van der Waals surface area contributed by atoms with Gasteiger partial charge in [0.05, 0.1) is 6.61 Å². The van der Waals surface area contributed by atoms with Crippen molar-refractivity contribution in [2.45, 2.75) is 38.6 Å². The van der Waals surface area contributed by atoms with Crippen molar-refractivity contribution in [3.05, 3.63) is 29.8 Å². The van der Waals surface area contributed by atoms with Gasteiger partial charge < -0.3 is 15.8 Å². The van der Waals surface area contributed by atoms with Gasteiger partial charge in [-0.2, -0.15) is 0 Å². The summed E-state index contributed by atoms with van der Waals surface area (Å²) in [7, 11) is 0. The van der Waals surface area contributed by atoms with Crippen molar-refractivity contribution >= 4 is 5.91 Å². The van der Waals surface area contributed by atoms with Gasteiger partial charge in [-0.05, 0) is 49.9 Å². The smallest absolute Gasteiger partial charge is 0.251 e. The molecule has 1 aromatic carbocycles. The van der Waals surface area contributed by atoms with Gasteiger partial charge in [-0.1, -0.05) is 19.4 Å². The highest BCUT2D eigenvalue weighted by molar-refractivity contribution is 5.94. The van der Waals surface area contributed by atoms with Crippen molar-refractivity contribution < 1.29 is 9.53 Å². The lowest BCUT2D eigenvalue weighted by atomic mass is 10.0. The van der Waals surface area contributed by atoms with Gasteiger partial charge in [0.2, 0.25) is 0 Å². The highest BCUT2D eigenvalue weighted by Crippen LogP contribution is 2.25. The standard InChI is InChI=1S/C16H24N2O2/c1-2-9-20-14-7-3-5-12(10-14)16(19)18-15-8-4-6-13(15)11-17/h3,5,7,10,13,15H,2,4,6,8-9,11,17H2,1H3,(H,18,19). The van der Waals surface area contributed by atoms with Crippen molar-refractivity contribution in [2.24, 2.45) is 11.7 Å². The molecular formula is C16H24N2O2. The van der Waals surface area contributed by atoms with Crippen LogP contribution in [0.25, 0.3) is 0 Å². The largest absolute Gasteiger partial charge is 0.494 e. The van der Waals surface area contributed by atoms with Crippen LogP contribution in [0, 0.1) is 5.92 Å². The van der Waals surface area contributed by atoms with E-state index in [0.29, 0.717) is 24.6 Å². The number of carbonyl (C=O) groups is 1. The Morgan fingerprint density at radius 3 is 3.05 bits per heavy atom.